The Morgan fingerprint density at radius 1 is 1.28 bits per heavy atom. The molecular formula is C17H24FN5O5S. The number of benzene rings is 1. The Kier molecular flexibility index (Phi) is 6.93. The third-order valence-electron chi connectivity index (χ3n) is 4.23. The van der Waals surface area contributed by atoms with Crippen LogP contribution >= 0.6 is 0 Å². The molecule has 29 heavy (non-hydrogen) atoms. The molecule has 2 rings (SSSR count). The number of piperazine rings is 1. The minimum absolute atomic E-state index is 0.149. The minimum Gasteiger partial charge on any atom is -0.444 e. The third-order valence-corrected chi connectivity index (χ3v) is 4.62. The fourth-order valence-corrected chi connectivity index (χ4v) is 3.19. The summed E-state index contributed by atoms with van der Waals surface area (Å²) in [5, 5.41) is 3.52. The van der Waals surface area contributed by atoms with Gasteiger partial charge in [-0.1, -0.05) is 9.00 Å². The minimum atomic E-state index is -5.21. The summed E-state index contributed by atoms with van der Waals surface area (Å²) < 4.78 is 44.2. The highest BCUT2D eigenvalue weighted by Crippen LogP contribution is 2.31. The van der Waals surface area contributed by atoms with E-state index in [-0.39, 0.29) is 17.5 Å². The highest BCUT2D eigenvalue weighted by Gasteiger charge is 2.26. The maximum atomic E-state index is 12.9. The largest absolute Gasteiger partial charge is 0.488 e. The molecule has 0 radical (unpaired) electrons. The number of hydrogen-bond acceptors (Lipinski definition) is 7. The number of azide groups is 1. The van der Waals surface area contributed by atoms with E-state index >= 15 is 0 Å². The van der Waals surface area contributed by atoms with E-state index in [1.807, 2.05) is 4.90 Å². The molecule has 0 bridgehead atoms. The second-order valence-corrected chi connectivity index (χ2v) is 8.59. The molecule has 1 aliphatic heterocycles. The molecule has 0 aromatic heterocycles. The van der Waals surface area contributed by atoms with Gasteiger partial charge in [-0.3, -0.25) is 4.90 Å². The Bertz CT molecular complexity index is 917. The zero-order valence-corrected chi connectivity index (χ0v) is 17.6. The number of rotatable bonds is 5. The lowest BCUT2D eigenvalue weighted by atomic mass is 10.1. The lowest BCUT2D eigenvalue weighted by Gasteiger charge is -2.35. The number of halogens is 1. The average Bonchev–Trinajstić information content (AvgIpc) is 2.57. The number of hydrogen-bond donors (Lipinski definition) is 0. The summed E-state index contributed by atoms with van der Waals surface area (Å²) >= 11 is 0. The van der Waals surface area contributed by atoms with Crippen LogP contribution in [0.2, 0.25) is 0 Å². The fraction of sp³-hybridized carbons (Fsp3) is 0.588. The normalized spacial score (nSPS) is 15.6. The molecule has 10 nitrogen and oxygen atoms in total. The van der Waals surface area contributed by atoms with Crippen molar-refractivity contribution in [2.45, 2.75) is 39.8 Å². The summed E-state index contributed by atoms with van der Waals surface area (Å²) in [6.07, 6.45) is -0.373. The van der Waals surface area contributed by atoms with Crippen LogP contribution in [0.5, 0.6) is 5.75 Å². The van der Waals surface area contributed by atoms with Crippen molar-refractivity contribution in [3.05, 3.63) is 33.7 Å². The first-order valence-electron chi connectivity index (χ1n) is 8.91. The maximum Gasteiger partial charge on any atom is 0.488 e. The molecule has 1 aliphatic rings. The summed E-state index contributed by atoms with van der Waals surface area (Å²) in [5.41, 5.74) is 9.54. The average molecular weight is 429 g/mol. The standard InChI is InChI=1S/C17H24FN5O5S/c1-12-13(9-14(28-29(18,25)26)10-15(12)20-21-19)11-22-5-7-23(8-6-22)16(24)27-17(2,3)4/h9-10H,5-8,11H2,1-4H3. The van der Waals surface area contributed by atoms with Crippen LogP contribution < -0.4 is 4.18 Å². The van der Waals surface area contributed by atoms with E-state index in [2.05, 4.69) is 14.2 Å². The van der Waals surface area contributed by atoms with Crippen molar-refractivity contribution in [2.75, 3.05) is 26.2 Å². The molecule has 0 N–H and O–H groups in total. The first-order chi connectivity index (χ1) is 13.4. The van der Waals surface area contributed by atoms with Crippen LogP contribution in [0.15, 0.2) is 17.2 Å². The topological polar surface area (TPSA) is 125 Å². The second kappa shape index (κ2) is 8.85. The van der Waals surface area contributed by atoms with Crippen molar-refractivity contribution in [1.29, 1.82) is 0 Å². The van der Waals surface area contributed by atoms with Crippen LogP contribution in [0.25, 0.3) is 10.4 Å². The first kappa shape index (κ1) is 22.7. The van der Waals surface area contributed by atoms with Gasteiger partial charge in [-0.25, -0.2) is 4.79 Å². The Balaban J connectivity index is 2.12. The quantitative estimate of drug-likeness (QED) is 0.305. The van der Waals surface area contributed by atoms with Crippen molar-refractivity contribution < 1.29 is 26.0 Å². The smallest absolute Gasteiger partial charge is 0.444 e. The predicted molar refractivity (Wildman–Crippen MR) is 104 cm³/mol. The van der Waals surface area contributed by atoms with Crippen LogP contribution in [0.1, 0.15) is 31.9 Å². The monoisotopic (exact) mass is 429 g/mol. The summed E-state index contributed by atoms with van der Waals surface area (Å²) in [6, 6.07) is 2.55. The Hall–Kier alpha value is -2.56. The Morgan fingerprint density at radius 2 is 1.90 bits per heavy atom. The molecule has 1 aromatic rings. The van der Waals surface area contributed by atoms with Gasteiger partial charge in [0, 0.05) is 43.3 Å². The summed E-state index contributed by atoms with van der Waals surface area (Å²) in [4.78, 5) is 18.5. The van der Waals surface area contributed by atoms with Gasteiger partial charge in [0.25, 0.3) is 0 Å². The van der Waals surface area contributed by atoms with Crippen molar-refractivity contribution in [2.24, 2.45) is 5.11 Å². The van der Waals surface area contributed by atoms with E-state index in [9.17, 15) is 17.1 Å². The zero-order chi connectivity index (χ0) is 21.8. The molecule has 1 aromatic carbocycles. The molecule has 160 valence electrons. The van der Waals surface area contributed by atoms with Gasteiger partial charge < -0.3 is 13.8 Å². The highest BCUT2D eigenvalue weighted by atomic mass is 32.3. The summed E-state index contributed by atoms with van der Waals surface area (Å²) in [5.74, 6) is -0.275. The van der Waals surface area contributed by atoms with Crippen LogP contribution in [0, 0.1) is 6.92 Å². The van der Waals surface area contributed by atoms with E-state index in [1.54, 1.807) is 32.6 Å². The van der Waals surface area contributed by atoms with Gasteiger partial charge in [-0.2, -0.15) is 8.42 Å². The molecule has 0 atom stereocenters. The van der Waals surface area contributed by atoms with Crippen LogP contribution in [-0.4, -0.2) is 56.1 Å². The highest BCUT2D eigenvalue weighted by molar-refractivity contribution is 7.81. The van der Waals surface area contributed by atoms with Gasteiger partial charge in [-0.15, -0.1) is 0 Å². The van der Waals surface area contributed by atoms with Gasteiger partial charge >= 0.3 is 16.6 Å². The van der Waals surface area contributed by atoms with E-state index in [4.69, 9.17) is 10.3 Å². The SMILES string of the molecule is Cc1c(CN2CCN(C(=O)OC(C)(C)C)CC2)cc(OS(=O)(=O)F)cc1N=[N+]=[N-]. The lowest BCUT2D eigenvalue weighted by molar-refractivity contribution is 0.0139. The van der Waals surface area contributed by atoms with Gasteiger partial charge in [-0.05, 0) is 56.5 Å². The summed E-state index contributed by atoms with van der Waals surface area (Å²) in [6.45, 7) is 9.55. The molecule has 0 unspecified atom stereocenters. The number of carbonyl (C=O) groups is 1. The van der Waals surface area contributed by atoms with Crippen LogP contribution in [-0.2, 0) is 21.8 Å². The lowest BCUT2D eigenvalue weighted by Crippen LogP contribution is -2.49. The maximum absolute atomic E-state index is 12.9. The van der Waals surface area contributed by atoms with Crippen LogP contribution in [0.3, 0.4) is 0 Å². The zero-order valence-electron chi connectivity index (χ0n) is 16.8. The van der Waals surface area contributed by atoms with Gasteiger partial charge in [0.2, 0.25) is 0 Å². The molecule has 0 saturated carbocycles. The number of nitrogens with zero attached hydrogens (tertiary/aromatic N) is 5. The predicted octanol–water partition coefficient (Wildman–Crippen LogP) is 3.58. The van der Waals surface area contributed by atoms with Crippen molar-refractivity contribution in [3.63, 3.8) is 0 Å². The molecule has 0 aliphatic carbocycles. The van der Waals surface area contributed by atoms with E-state index in [1.165, 1.54) is 6.07 Å². The molecule has 0 spiro atoms. The van der Waals surface area contributed by atoms with Crippen molar-refractivity contribution in [1.82, 2.24) is 9.80 Å². The van der Waals surface area contributed by atoms with E-state index < -0.39 is 16.1 Å². The van der Waals surface area contributed by atoms with Gasteiger partial charge in [0.1, 0.15) is 11.4 Å². The van der Waals surface area contributed by atoms with E-state index in [0.29, 0.717) is 43.9 Å². The second-order valence-electron chi connectivity index (χ2n) is 7.64. The molecule has 1 fully saturated rings. The van der Waals surface area contributed by atoms with Crippen molar-refractivity contribution in [3.8, 4) is 5.75 Å². The molecule has 1 heterocycles. The molecular weight excluding hydrogens is 405 g/mol. The molecule has 1 saturated heterocycles. The van der Waals surface area contributed by atoms with Crippen molar-refractivity contribution >= 4 is 22.3 Å². The molecule has 12 heteroatoms. The van der Waals surface area contributed by atoms with E-state index in [0.717, 1.165) is 6.07 Å². The Labute approximate surface area is 169 Å². The van der Waals surface area contributed by atoms with Crippen LogP contribution in [0.4, 0.5) is 14.4 Å². The Morgan fingerprint density at radius 3 is 2.41 bits per heavy atom. The summed E-state index contributed by atoms with van der Waals surface area (Å²) in [7, 11) is -5.21. The number of ether oxygens (including phenoxy) is 1. The van der Waals surface area contributed by atoms with Gasteiger partial charge in [0.05, 0.1) is 0 Å². The number of carbonyl (C=O) groups excluding carboxylic acids is 1. The third kappa shape index (κ3) is 7.08. The molecule has 1 amide bonds. The van der Waals surface area contributed by atoms with Gasteiger partial charge in [0.15, 0.2) is 0 Å². The number of amides is 1. The first-order valence-corrected chi connectivity index (χ1v) is 10.2. The fourth-order valence-electron chi connectivity index (χ4n) is 2.86.